The fourth-order valence-electron chi connectivity index (χ4n) is 3.22. The molecule has 2 aromatic heterocycles. The number of nitrogens with zero attached hydrogens (tertiary/aromatic N) is 5. The van der Waals surface area contributed by atoms with E-state index in [1.165, 1.54) is 0 Å². The van der Waals surface area contributed by atoms with Crippen LogP contribution in [0, 0.1) is 0 Å². The number of imidazole rings is 1. The molecule has 1 aliphatic heterocycles. The molecule has 4 rings (SSSR count). The summed E-state index contributed by atoms with van der Waals surface area (Å²) in [5.41, 5.74) is 1.31. The molecule has 1 N–H and O–H groups in total. The van der Waals surface area contributed by atoms with Gasteiger partial charge in [0.1, 0.15) is 0 Å². The second kappa shape index (κ2) is 6.23. The van der Waals surface area contributed by atoms with Gasteiger partial charge in [-0.15, -0.1) is 5.10 Å². The Balaban J connectivity index is 1.56. The Kier molecular flexibility index (Phi) is 3.90. The minimum Gasteiger partial charge on any atom is -0.337 e. The summed E-state index contributed by atoms with van der Waals surface area (Å²) in [7, 11) is 0. The molecule has 1 unspecified atom stereocenters. The van der Waals surface area contributed by atoms with E-state index in [4.69, 9.17) is 0 Å². The highest BCUT2D eigenvalue weighted by Gasteiger charge is 2.26. The molecule has 0 aliphatic carbocycles. The third-order valence-corrected chi connectivity index (χ3v) is 4.45. The van der Waals surface area contributed by atoms with E-state index < -0.39 is 6.43 Å². The van der Waals surface area contributed by atoms with Crippen LogP contribution in [0.2, 0.25) is 0 Å². The minimum absolute atomic E-state index is 0.0986. The number of amides is 1. The zero-order chi connectivity index (χ0) is 17.4. The van der Waals surface area contributed by atoms with Crippen molar-refractivity contribution in [2.45, 2.75) is 25.3 Å². The van der Waals surface area contributed by atoms with E-state index in [9.17, 15) is 13.6 Å². The number of likely N-dealkylation sites (tertiary alicyclic amines) is 1. The lowest BCUT2D eigenvalue weighted by molar-refractivity contribution is 0.0672. The van der Waals surface area contributed by atoms with Crippen molar-refractivity contribution in [3.05, 3.63) is 42.0 Å². The van der Waals surface area contributed by atoms with Crippen molar-refractivity contribution < 1.29 is 13.6 Å². The number of carbonyl (C=O) groups is 1. The van der Waals surface area contributed by atoms with Crippen LogP contribution in [0.15, 0.2) is 30.6 Å². The molecule has 7 nitrogen and oxygen atoms in total. The number of alkyl halides is 2. The smallest absolute Gasteiger partial charge is 0.295 e. The fourth-order valence-corrected chi connectivity index (χ4v) is 3.22. The van der Waals surface area contributed by atoms with Crippen LogP contribution in [0.1, 0.15) is 41.5 Å². The number of nitrogens with one attached hydrogen (secondary N) is 1. The summed E-state index contributed by atoms with van der Waals surface area (Å²) in [6.07, 6.45) is 2.55. The van der Waals surface area contributed by atoms with Crippen LogP contribution >= 0.6 is 0 Å². The number of rotatable bonds is 3. The van der Waals surface area contributed by atoms with Crippen LogP contribution in [0.5, 0.6) is 0 Å². The van der Waals surface area contributed by atoms with Gasteiger partial charge < -0.3 is 9.88 Å². The number of benzene rings is 1. The number of carbonyl (C=O) groups excluding carboxylic acids is 1. The molecule has 0 spiro atoms. The summed E-state index contributed by atoms with van der Waals surface area (Å²) < 4.78 is 27.3. The van der Waals surface area contributed by atoms with Gasteiger partial charge in [0.15, 0.2) is 5.82 Å². The lowest BCUT2D eigenvalue weighted by Crippen LogP contribution is -2.40. The van der Waals surface area contributed by atoms with E-state index in [1.54, 1.807) is 40.2 Å². The molecular formula is C16H16F2N6O. The Morgan fingerprint density at radius 3 is 3.00 bits per heavy atom. The monoisotopic (exact) mass is 346 g/mol. The van der Waals surface area contributed by atoms with Crippen LogP contribution in [-0.4, -0.2) is 48.9 Å². The van der Waals surface area contributed by atoms with Gasteiger partial charge in [0.25, 0.3) is 12.3 Å². The van der Waals surface area contributed by atoms with Crippen LogP contribution in [0.25, 0.3) is 11.0 Å². The predicted octanol–water partition coefficient (Wildman–Crippen LogP) is 2.57. The number of H-pyrrole nitrogens is 1. The van der Waals surface area contributed by atoms with Gasteiger partial charge in [0.2, 0.25) is 0 Å². The molecule has 9 heteroatoms. The maximum absolute atomic E-state index is 12.8. The van der Waals surface area contributed by atoms with Gasteiger partial charge in [0, 0.05) is 24.8 Å². The number of aromatic nitrogens is 5. The molecule has 0 radical (unpaired) electrons. The molecule has 0 saturated carbocycles. The third-order valence-electron chi connectivity index (χ3n) is 4.45. The van der Waals surface area contributed by atoms with Crippen molar-refractivity contribution >= 4 is 16.9 Å². The van der Waals surface area contributed by atoms with Crippen LogP contribution < -0.4 is 0 Å². The van der Waals surface area contributed by atoms with Crippen LogP contribution in [-0.2, 0) is 0 Å². The summed E-state index contributed by atoms with van der Waals surface area (Å²) in [4.78, 5) is 21.0. The van der Waals surface area contributed by atoms with Crippen molar-refractivity contribution in [1.29, 1.82) is 0 Å². The number of piperidine rings is 1. The summed E-state index contributed by atoms with van der Waals surface area (Å²) in [5, 5.41) is 7.82. The molecule has 1 aromatic carbocycles. The van der Waals surface area contributed by atoms with Gasteiger partial charge in [-0.2, -0.15) is 0 Å². The topological polar surface area (TPSA) is 79.7 Å². The van der Waals surface area contributed by atoms with Gasteiger partial charge in [-0.1, -0.05) is 5.21 Å². The van der Waals surface area contributed by atoms with Crippen molar-refractivity contribution in [1.82, 2.24) is 29.9 Å². The average molecular weight is 346 g/mol. The Bertz CT molecular complexity index is 891. The number of halogens is 2. The molecule has 1 amide bonds. The second-order valence-electron chi connectivity index (χ2n) is 6.08. The predicted molar refractivity (Wildman–Crippen MR) is 85.2 cm³/mol. The Hall–Kier alpha value is -2.84. The normalized spacial score (nSPS) is 18.2. The highest BCUT2D eigenvalue weighted by molar-refractivity contribution is 5.97. The molecule has 130 valence electrons. The van der Waals surface area contributed by atoms with Gasteiger partial charge in [-0.05, 0) is 31.0 Å². The van der Waals surface area contributed by atoms with Crippen LogP contribution in [0.4, 0.5) is 8.78 Å². The van der Waals surface area contributed by atoms with E-state index in [1.807, 2.05) is 0 Å². The van der Waals surface area contributed by atoms with E-state index in [2.05, 4.69) is 20.3 Å². The van der Waals surface area contributed by atoms with Crippen molar-refractivity contribution in [3.63, 3.8) is 0 Å². The third kappa shape index (κ3) is 2.97. The first-order chi connectivity index (χ1) is 12.1. The molecule has 1 fully saturated rings. The standard InChI is InChI=1S/C16H16F2N6O/c17-14(18)15-20-12-4-3-10(8-13(12)21-15)16(25)23-6-1-2-11(9-23)24-7-5-19-22-24/h3-5,7-8,11,14H,1-2,6,9H2,(H,20,21). The zero-order valence-electron chi connectivity index (χ0n) is 13.3. The number of fused-ring (bicyclic) bond motifs is 1. The second-order valence-corrected chi connectivity index (χ2v) is 6.08. The van der Waals surface area contributed by atoms with E-state index in [-0.39, 0.29) is 17.8 Å². The summed E-state index contributed by atoms with van der Waals surface area (Å²) >= 11 is 0. The van der Waals surface area contributed by atoms with Gasteiger partial charge in [-0.3, -0.25) is 4.79 Å². The van der Waals surface area contributed by atoms with Crippen molar-refractivity contribution in [2.75, 3.05) is 13.1 Å². The molecule has 3 aromatic rings. The van der Waals surface area contributed by atoms with E-state index in [0.29, 0.717) is 29.7 Å². The summed E-state index contributed by atoms with van der Waals surface area (Å²) in [6, 6.07) is 4.89. The lowest BCUT2D eigenvalue weighted by atomic mass is 10.0. The average Bonchev–Trinajstić information content (AvgIpc) is 3.30. The Labute approximate surface area is 141 Å². The summed E-state index contributed by atoms with van der Waals surface area (Å²) in [5.74, 6) is -0.510. The molecule has 25 heavy (non-hydrogen) atoms. The molecule has 0 bridgehead atoms. The molecule has 1 atom stereocenters. The Morgan fingerprint density at radius 2 is 2.24 bits per heavy atom. The number of aromatic amines is 1. The minimum atomic E-state index is -2.67. The van der Waals surface area contributed by atoms with Gasteiger partial charge in [0.05, 0.1) is 23.3 Å². The zero-order valence-corrected chi connectivity index (χ0v) is 13.3. The summed E-state index contributed by atoms with van der Waals surface area (Å²) in [6.45, 7) is 1.21. The maximum atomic E-state index is 12.8. The maximum Gasteiger partial charge on any atom is 0.295 e. The molecular weight excluding hydrogens is 330 g/mol. The first-order valence-electron chi connectivity index (χ1n) is 8.04. The number of hydrogen-bond acceptors (Lipinski definition) is 4. The fraction of sp³-hybridized carbons (Fsp3) is 0.375. The van der Waals surface area contributed by atoms with Gasteiger partial charge in [-0.25, -0.2) is 18.4 Å². The molecule has 1 saturated heterocycles. The van der Waals surface area contributed by atoms with E-state index >= 15 is 0 Å². The quantitative estimate of drug-likeness (QED) is 0.790. The van der Waals surface area contributed by atoms with E-state index in [0.717, 1.165) is 12.8 Å². The largest absolute Gasteiger partial charge is 0.337 e. The first-order valence-corrected chi connectivity index (χ1v) is 8.04. The lowest BCUT2D eigenvalue weighted by Gasteiger charge is -2.32. The van der Waals surface area contributed by atoms with Crippen LogP contribution in [0.3, 0.4) is 0 Å². The molecule has 1 aliphatic rings. The van der Waals surface area contributed by atoms with Crippen molar-refractivity contribution in [3.8, 4) is 0 Å². The SMILES string of the molecule is O=C(c1ccc2nc(C(F)F)[nH]c2c1)N1CCCC(n2ccnn2)C1. The highest BCUT2D eigenvalue weighted by atomic mass is 19.3. The van der Waals surface area contributed by atoms with Gasteiger partial charge >= 0.3 is 0 Å². The molecule has 3 heterocycles. The first kappa shape index (κ1) is 15.7. The van der Waals surface area contributed by atoms with Crippen molar-refractivity contribution in [2.24, 2.45) is 0 Å². The highest BCUT2D eigenvalue weighted by Crippen LogP contribution is 2.24. The Morgan fingerprint density at radius 1 is 1.36 bits per heavy atom. The number of hydrogen-bond donors (Lipinski definition) is 1.